The van der Waals surface area contributed by atoms with E-state index >= 15 is 0 Å². The predicted molar refractivity (Wildman–Crippen MR) is 55.8 cm³/mol. The second-order valence-corrected chi connectivity index (χ2v) is 4.53. The zero-order valence-electron chi connectivity index (χ0n) is 6.71. The summed E-state index contributed by atoms with van der Waals surface area (Å²) in [5.74, 6) is 3.43. The van der Waals surface area contributed by atoms with Gasteiger partial charge in [-0.05, 0) is 5.92 Å². The van der Waals surface area contributed by atoms with Crippen molar-refractivity contribution in [1.82, 2.24) is 5.32 Å². The molecule has 3 nitrogen and oxygen atoms in total. The Balaban J connectivity index is 3.02. The molecule has 0 aliphatic heterocycles. The summed E-state index contributed by atoms with van der Waals surface area (Å²) in [5.41, 5.74) is 5.28. The van der Waals surface area contributed by atoms with E-state index in [0.717, 1.165) is 11.5 Å². The molecule has 5 heteroatoms. The molecule has 1 amide bonds. The van der Waals surface area contributed by atoms with Gasteiger partial charge in [-0.1, -0.05) is 21.6 Å². The Morgan fingerprint density at radius 1 is 1.50 bits per heavy atom. The zero-order chi connectivity index (χ0) is 9.23. The molecule has 0 aliphatic rings. The summed E-state index contributed by atoms with van der Waals surface area (Å²) in [6.45, 7) is 1.31. The predicted octanol–water partition coefficient (Wildman–Crippen LogP) is 0.0759. The third-order valence-electron chi connectivity index (χ3n) is 0.887. The Labute approximate surface area is 80.6 Å². The first-order chi connectivity index (χ1) is 5.81. The molecule has 0 heterocycles. The molecule has 0 aliphatic carbocycles. The van der Waals surface area contributed by atoms with Crippen LogP contribution in [0.4, 0.5) is 0 Å². The van der Waals surface area contributed by atoms with Crippen molar-refractivity contribution in [3.8, 4) is 12.3 Å². The molecule has 0 radical (unpaired) electrons. The van der Waals surface area contributed by atoms with Crippen molar-refractivity contribution < 1.29 is 4.79 Å². The van der Waals surface area contributed by atoms with Crippen molar-refractivity contribution in [2.45, 2.75) is 0 Å². The van der Waals surface area contributed by atoms with E-state index in [2.05, 4.69) is 5.32 Å². The zero-order valence-corrected chi connectivity index (χ0v) is 8.34. The summed E-state index contributed by atoms with van der Waals surface area (Å²) in [7, 11) is 3.38. The highest BCUT2D eigenvalue weighted by atomic mass is 33.1. The van der Waals surface area contributed by atoms with Crippen molar-refractivity contribution in [2.75, 3.05) is 24.6 Å². The van der Waals surface area contributed by atoms with Gasteiger partial charge in [0.05, 0.1) is 0 Å². The summed E-state index contributed by atoms with van der Waals surface area (Å²) in [4.78, 5) is 10.5. The second-order valence-electron chi connectivity index (χ2n) is 1.83. The number of terminal acetylenes is 1. The normalized spacial score (nSPS) is 9.00. The number of amides is 1. The highest BCUT2D eigenvalue weighted by Crippen LogP contribution is 2.18. The first-order valence-electron chi connectivity index (χ1n) is 3.50. The van der Waals surface area contributed by atoms with Crippen LogP contribution in [0.25, 0.3) is 0 Å². The highest BCUT2D eigenvalue weighted by molar-refractivity contribution is 8.76. The largest absolute Gasteiger partial charge is 0.344 e. The van der Waals surface area contributed by atoms with Crippen LogP contribution in [-0.4, -0.2) is 30.5 Å². The standard InChI is InChI=1S/C7H12N2OS2/c1-2-7(10)9-4-6-12-11-5-3-8/h1H,3-6,8H2,(H,9,10). The maximum absolute atomic E-state index is 10.5. The van der Waals surface area contributed by atoms with Crippen molar-refractivity contribution in [3.05, 3.63) is 0 Å². The summed E-state index contributed by atoms with van der Waals surface area (Å²) < 4.78 is 0. The van der Waals surface area contributed by atoms with Gasteiger partial charge in [0.1, 0.15) is 0 Å². The van der Waals surface area contributed by atoms with Crippen LogP contribution < -0.4 is 11.1 Å². The van der Waals surface area contributed by atoms with Crippen molar-refractivity contribution in [1.29, 1.82) is 0 Å². The number of carbonyl (C=O) groups is 1. The second kappa shape index (κ2) is 8.78. The van der Waals surface area contributed by atoms with E-state index in [-0.39, 0.29) is 5.91 Å². The molecular weight excluding hydrogens is 192 g/mol. The molecule has 0 aromatic carbocycles. The topological polar surface area (TPSA) is 55.1 Å². The number of nitrogens with two attached hydrogens (primary N) is 1. The summed E-state index contributed by atoms with van der Waals surface area (Å²) >= 11 is 0. The van der Waals surface area contributed by atoms with E-state index in [0.29, 0.717) is 13.1 Å². The van der Waals surface area contributed by atoms with Crippen LogP contribution in [0, 0.1) is 12.3 Å². The lowest BCUT2D eigenvalue weighted by Gasteiger charge is -1.99. The lowest BCUT2D eigenvalue weighted by molar-refractivity contribution is -0.115. The molecule has 0 aromatic heterocycles. The lowest BCUT2D eigenvalue weighted by Crippen LogP contribution is -2.23. The van der Waals surface area contributed by atoms with Crippen LogP contribution >= 0.6 is 21.6 Å². The molecule has 0 fully saturated rings. The Bertz CT molecular complexity index is 167. The molecule has 0 unspecified atom stereocenters. The van der Waals surface area contributed by atoms with Gasteiger partial charge in [0.15, 0.2) is 0 Å². The summed E-state index contributed by atoms with van der Waals surface area (Å²) in [6.07, 6.45) is 4.84. The van der Waals surface area contributed by atoms with Crippen molar-refractivity contribution in [2.24, 2.45) is 5.73 Å². The van der Waals surface area contributed by atoms with Crippen LogP contribution in [0.5, 0.6) is 0 Å². The number of rotatable bonds is 6. The molecule has 0 saturated heterocycles. The first kappa shape index (κ1) is 11.7. The Morgan fingerprint density at radius 3 is 2.75 bits per heavy atom. The van der Waals surface area contributed by atoms with E-state index in [1.165, 1.54) is 0 Å². The van der Waals surface area contributed by atoms with Gasteiger partial charge in [-0.2, -0.15) is 0 Å². The maximum Gasteiger partial charge on any atom is 0.295 e. The lowest BCUT2D eigenvalue weighted by atomic mass is 10.6. The fourth-order valence-corrected chi connectivity index (χ4v) is 2.19. The van der Waals surface area contributed by atoms with Gasteiger partial charge in [0.25, 0.3) is 5.91 Å². The fraction of sp³-hybridized carbons (Fsp3) is 0.571. The van der Waals surface area contributed by atoms with Crippen molar-refractivity contribution in [3.63, 3.8) is 0 Å². The third kappa shape index (κ3) is 7.79. The van der Waals surface area contributed by atoms with Crippen molar-refractivity contribution >= 4 is 27.5 Å². The van der Waals surface area contributed by atoms with Crippen LogP contribution in [0.2, 0.25) is 0 Å². The third-order valence-corrected chi connectivity index (χ3v) is 3.33. The first-order valence-corrected chi connectivity index (χ1v) is 5.99. The molecule has 0 spiro atoms. The molecule has 12 heavy (non-hydrogen) atoms. The maximum atomic E-state index is 10.5. The van der Waals surface area contributed by atoms with Gasteiger partial charge < -0.3 is 11.1 Å². The van der Waals surface area contributed by atoms with Crippen LogP contribution in [0.15, 0.2) is 0 Å². The quantitative estimate of drug-likeness (QED) is 0.365. The molecule has 0 atom stereocenters. The molecule has 0 saturated carbocycles. The minimum atomic E-state index is -0.348. The minimum absolute atomic E-state index is 0.348. The SMILES string of the molecule is C#CC(=O)NCCSSCCN. The monoisotopic (exact) mass is 204 g/mol. The Morgan fingerprint density at radius 2 is 2.17 bits per heavy atom. The Hall–Kier alpha value is -0.310. The van der Waals surface area contributed by atoms with Gasteiger partial charge in [-0.15, -0.1) is 6.42 Å². The summed E-state index contributed by atoms with van der Waals surface area (Å²) in [6, 6.07) is 0. The number of nitrogens with one attached hydrogen (secondary N) is 1. The smallest absolute Gasteiger partial charge is 0.295 e. The number of carbonyl (C=O) groups excluding carboxylic acids is 1. The van der Waals surface area contributed by atoms with E-state index in [1.807, 2.05) is 5.92 Å². The average molecular weight is 204 g/mol. The number of hydrogen-bond donors (Lipinski definition) is 2. The molecule has 0 rings (SSSR count). The van der Waals surface area contributed by atoms with Gasteiger partial charge >= 0.3 is 0 Å². The molecule has 0 bridgehead atoms. The van der Waals surface area contributed by atoms with Gasteiger partial charge in [-0.3, -0.25) is 4.79 Å². The van der Waals surface area contributed by atoms with E-state index < -0.39 is 0 Å². The van der Waals surface area contributed by atoms with E-state index in [1.54, 1.807) is 21.6 Å². The van der Waals surface area contributed by atoms with Gasteiger partial charge in [0, 0.05) is 24.6 Å². The van der Waals surface area contributed by atoms with Gasteiger partial charge in [-0.25, -0.2) is 0 Å². The number of hydrogen-bond acceptors (Lipinski definition) is 4. The minimum Gasteiger partial charge on any atom is -0.344 e. The Kier molecular flexibility index (Phi) is 8.56. The van der Waals surface area contributed by atoms with E-state index in [4.69, 9.17) is 12.2 Å². The van der Waals surface area contributed by atoms with Crippen LogP contribution in [0.3, 0.4) is 0 Å². The molecular formula is C7H12N2OS2. The average Bonchev–Trinajstić information content (AvgIpc) is 2.10. The molecule has 3 N–H and O–H groups in total. The van der Waals surface area contributed by atoms with Crippen LogP contribution in [-0.2, 0) is 4.79 Å². The highest BCUT2D eigenvalue weighted by Gasteiger charge is 1.93. The molecule has 68 valence electrons. The van der Waals surface area contributed by atoms with Gasteiger partial charge in [0.2, 0.25) is 0 Å². The summed E-state index contributed by atoms with van der Waals surface area (Å²) in [5, 5.41) is 2.57. The van der Waals surface area contributed by atoms with Crippen LogP contribution in [0.1, 0.15) is 0 Å². The molecule has 0 aromatic rings. The van der Waals surface area contributed by atoms with E-state index in [9.17, 15) is 4.79 Å². The fourth-order valence-electron chi connectivity index (χ4n) is 0.423.